The Morgan fingerprint density at radius 3 is 2.45 bits per heavy atom. The Kier molecular flexibility index (Phi) is 9.55. The minimum atomic E-state index is -0.266. The van der Waals surface area contributed by atoms with Gasteiger partial charge in [0.25, 0.3) is 0 Å². The molecular formula is C32H38N2O4. The van der Waals surface area contributed by atoms with E-state index in [9.17, 15) is 9.59 Å². The standard InChI is InChI=1S/C32H38N2O4/c1-4-37-30(35)12-8-9-19-38-28-17-18-29-27(20-28)21-33-31(23(2)3)32(36)34(29)22-24-13-15-26(16-14-24)25-10-6-5-7-11-25/h5-7,10-11,13-18,20,23,31,33H,4,8-9,12,19,21-22H2,1-3H3. The van der Waals surface area contributed by atoms with Gasteiger partial charge in [-0.05, 0) is 66.1 Å². The molecule has 1 heterocycles. The molecule has 0 fully saturated rings. The van der Waals surface area contributed by atoms with E-state index >= 15 is 0 Å². The number of esters is 1. The Balaban J connectivity index is 1.48. The molecule has 0 bridgehead atoms. The highest BCUT2D eigenvalue weighted by Crippen LogP contribution is 2.31. The van der Waals surface area contributed by atoms with Crippen molar-refractivity contribution in [3.8, 4) is 16.9 Å². The number of carbonyl (C=O) groups excluding carboxylic acids is 2. The lowest BCUT2D eigenvalue weighted by atomic mass is 10.0. The number of benzene rings is 3. The first-order valence-electron chi connectivity index (χ1n) is 13.6. The monoisotopic (exact) mass is 514 g/mol. The fourth-order valence-corrected chi connectivity index (χ4v) is 4.74. The Morgan fingerprint density at radius 1 is 1.00 bits per heavy atom. The van der Waals surface area contributed by atoms with Crippen molar-refractivity contribution >= 4 is 17.6 Å². The molecule has 1 N–H and O–H groups in total. The van der Waals surface area contributed by atoms with Crippen molar-refractivity contribution in [2.45, 2.75) is 59.2 Å². The lowest BCUT2D eigenvalue weighted by Crippen LogP contribution is -2.46. The molecule has 1 aliphatic rings. The summed E-state index contributed by atoms with van der Waals surface area (Å²) in [5.74, 6) is 0.848. The third-order valence-corrected chi connectivity index (χ3v) is 6.80. The molecule has 0 saturated heterocycles. The molecule has 0 aromatic heterocycles. The Morgan fingerprint density at radius 2 is 1.74 bits per heavy atom. The summed E-state index contributed by atoms with van der Waals surface area (Å²) in [4.78, 5) is 27.1. The quantitative estimate of drug-likeness (QED) is 0.246. The average molecular weight is 515 g/mol. The molecule has 3 aromatic rings. The minimum Gasteiger partial charge on any atom is -0.494 e. The average Bonchev–Trinajstić information content (AvgIpc) is 3.05. The summed E-state index contributed by atoms with van der Waals surface area (Å²) in [5, 5.41) is 3.46. The highest BCUT2D eigenvalue weighted by Gasteiger charge is 2.32. The van der Waals surface area contributed by atoms with Crippen LogP contribution in [0.1, 0.15) is 51.2 Å². The van der Waals surface area contributed by atoms with Crippen molar-refractivity contribution in [3.05, 3.63) is 83.9 Å². The van der Waals surface area contributed by atoms with Crippen molar-refractivity contribution in [1.29, 1.82) is 0 Å². The number of unbranched alkanes of at least 4 members (excludes halogenated alkanes) is 1. The molecule has 3 aromatic carbocycles. The van der Waals surface area contributed by atoms with Crippen LogP contribution >= 0.6 is 0 Å². The second kappa shape index (κ2) is 13.2. The molecule has 1 aliphatic heterocycles. The molecule has 0 saturated carbocycles. The summed E-state index contributed by atoms with van der Waals surface area (Å²) < 4.78 is 11.0. The second-order valence-electron chi connectivity index (χ2n) is 9.99. The fraction of sp³-hybridized carbons (Fsp3) is 0.375. The number of carbonyl (C=O) groups is 2. The van der Waals surface area contributed by atoms with Gasteiger partial charge in [0, 0.05) is 18.7 Å². The molecule has 6 nitrogen and oxygen atoms in total. The van der Waals surface area contributed by atoms with Gasteiger partial charge >= 0.3 is 5.97 Å². The zero-order valence-corrected chi connectivity index (χ0v) is 22.6. The van der Waals surface area contributed by atoms with Gasteiger partial charge in [0.2, 0.25) is 5.91 Å². The number of anilines is 1. The maximum atomic E-state index is 13.7. The van der Waals surface area contributed by atoms with Crippen LogP contribution in [0.5, 0.6) is 5.75 Å². The number of fused-ring (bicyclic) bond motifs is 1. The third-order valence-electron chi connectivity index (χ3n) is 6.80. The number of hydrogen-bond acceptors (Lipinski definition) is 5. The van der Waals surface area contributed by atoms with E-state index in [1.807, 2.05) is 48.2 Å². The van der Waals surface area contributed by atoms with Gasteiger partial charge in [-0.25, -0.2) is 0 Å². The van der Waals surface area contributed by atoms with Crippen LogP contribution in [0.4, 0.5) is 5.69 Å². The van der Waals surface area contributed by atoms with Crippen molar-refractivity contribution in [2.75, 3.05) is 18.1 Å². The lowest BCUT2D eigenvalue weighted by Gasteiger charge is -2.27. The molecule has 0 aliphatic carbocycles. The summed E-state index contributed by atoms with van der Waals surface area (Å²) in [5.41, 5.74) is 5.35. The van der Waals surface area contributed by atoms with Gasteiger partial charge in [-0.15, -0.1) is 0 Å². The molecule has 0 spiro atoms. The third kappa shape index (κ3) is 7.01. The van der Waals surface area contributed by atoms with Gasteiger partial charge in [-0.2, -0.15) is 0 Å². The zero-order valence-electron chi connectivity index (χ0n) is 22.6. The summed E-state index contributed by atoms with van der Waals surface area (Å²) in [6.45, 7) is 7.99. The number of hydrogen-bond donors (Lipinski definition) is 1. The molecule has 38 heavy (non-hydrogen) atoms. The zero-order chi connectivity index (χ0) is 26.9. The van der Waals surface area contributed by atoms with E-state index in [0.29, 0.717) is 32.7 Å². The molecule has 6 heteroatoms. The summed E-state index contributed by atoms with van der Waals surface area (Å²) in [6, 6.07) is 24.4. The molecule has 4 rings (SSSR count). The number of nitrogens with one attached hydrogen (secondary N) is 1. The SMILES string of the molecule is CCOC(=O)CCCCOc1ccc2c(c1)CNC(C(C)C)C(=O)N2Cc1ccc(-c2ccccc2)cc1. The highest BCUT2D eigenvalue weighted by atomic mass is 16.5. The van der Waals surface area contributed by atoms with E-state index in [4.69, 9.17) is 9.47 Å². The van der Waals surface area contributed by atoms with E-state index in [2.05, 4.69) is 55.6 Å². The number of ether oxygens (including phenoxy) is 2. The predicted octanol–water partition coefficient (Wildman–Crippen LogP) is 6.13. The Hall–Kier alpha value is -3.64. The van der Waals surface area contributed by atoms with Gasteiger partial charge < -0.3 is 19.7 Å². The summed E-state index contributed by atoms with van der Waals surface area (Å²) >= 11 is 0. The molecule has 1 atom stereocenters. The van der Waals surface area contributed by atoms with E-state index in [1.54, 1.807) is 0 Å². The van der Waals surface area contributed by atoms with Crippen molar-refractivity contribution < 1.29 is 19.1 Å². The van der Waals surface area contributed by atoms with E-state index in [-0.39, 0.29) is 23.8 Å². The van der Waals surface area contributed by atoms with Crippen LogP contribution in [0.3, 0.4) is 0 Å². The predicted molar refractivity (Wildman–Crippen MR) is 151 cm³/mol. The summed E-state index contributed by atoms with van der Waals surface area (Å²) in [7, 11) is 0. The second-order valence-corrected chi connectivity index (χ2v) is 9.99. The molecule has 1 unspecified atom stereocenters. The highest BCUT2D eigenvalue weighted by molar-refractivity contribution is 5.98. The minimum absolute atomic E-state index is 0.0820. The summed E-state index contributed by atoms with van der Waals surface area (Å²) in [6.07, 6.45) is 1.91. The first kappa shape index (κ1) is 27.4. The molecule has 200 valence electrons. The van der Waals surface area contributed by atoms with Crippen molar-refractivity contribution in [2.24, 2.45) is 5.92 Å². The number of nitrogens with zero attached hydrogens (tertiary/aromatic N) is 1. The number of amides is 1. The molecular weight excluding hydrogens is 476 g/mol. The van der Waals surface area contributed by atoms with E-state index < -0.39 is 0 Å². The number of rotatable bonds is 11. The first-order chi connectivity index (χ1) is 18.5. The normalized spacial score (nSPS) is 15.2. The van der Waals surface area contributed by atoms with Crippen LogP contribution in [-0.4, -0.2) is 31.1 Å². The molecule has 1 amide bonds. The van der Waals surface area contributed by atoms with Crippen LogP contribution in [0.25, 0.3) is 11.1 Å². The molecule has 0 radical (unpaired) electrons. The van der Waals surface area contributed by atoms with Crippen molar-refractivity contribution in [3.63, 3.8) is 0 Å². The van der Waals surface area contributed by atoms with Crippen LogP contribution in [0.15, 0.2) is 72.8 Å². The fourth-order valence-electron chi connectivity index (χ4n) is 4.74. The lowest BCUT2D eigenvalue weighted by molar-refractivity contribution is -0.143. The Labute approximate surface area is 226 Å². The maximum Gasteiger partial charge on any atom is 0.305 e. The van der Waals surface area contributed by atoms with E-state index in [0.717, 1.165) is 41.0 Å². The van der Waals surface area contributed by atoms with Gasteiger partial charge in [-0.1, -0.05) is 68.4 Å². The van der Waals surface area contributed by atoms with Crippen LogP contribution < -0.4 is 15.0 Å². The van der Waals surface area contributed by atoms with Crippen LogP contribution in [0, 0.1) is 5.92 Å². The van der Waals surface area contributed by atoms with E-state index in [1.165, 1.54) is 5.56 Å². The topological polar surface area (TPSA) is 67.9 Å². The van der Waals surface area contributed by atoms with Gasteiger partial charge in [0.05, 0.1) is 25.8 Å². The van der Waals surface area contributed by atoms with Gasteiger partial charge in [0.15, 0.2) is 0 Å². The smallest absolute Gasteiger partial charge is 0.305 e. The Bertz CT molecular complexity index is 1210. The van der Waals surface area contributed by atoms with Gasteiger partial charge in [0.1, 0.15) is 5.75 Å². The van der Waals surface area contributed by atoms with Crippen LogP contribution in [-0.2, 0) is 27.4 Å². The van der Waals surface area contributed by atoms with Crippen molar-refractivity contribution in [1.82, 2.24) is 5.32 Å². The largest absolute Gasteiger partial charge is 0.494 e. The maximum absolute atomic E-state index is 13.7. The first-order valence-corrected chi connectivity index (χ1v) is 13.6. The van der Waals surface area contributed by atoms with Crippen LogP contribution in [0.2, 0.25) is 0 Å². The van der Waals surface area contributed by atoms with Gasteiger partial charge in [-0.3, -0.25) is 9.59 Å².